The molecule has 1 aliphatic rings. The van der Waals surface area contributed by atoms with Gasteiger partial charge in [-0.25, -0.2) is 9.98 Å². The molecule has 0 saturated carbocycles. The molecule has 0 radical (unpaired) electrons. The van der Waals surface area contributed by atoms with Gasteiger partial charge >= 0.3 is 0 Å². The molecule has 1 N–H and O–H groups in total. The van der Waals surface area contributed by atoms with Gasteiger partial charge in [0.1, 0.15) is 5.82 Å². The SMILES string of the molecule is C1=NC(c2cccc3c2nc(NCc2cccnc2)c2ccncc23)=NC1. The number of hydrogen-bond acceptors (Lipinski definition) is 6. The Morgan fingerprint density at radius 1 is 0.889 bits per heavy atom. The van der Waals surface area contributed by atoms with E-state index in [2.05, 4.69) is 31.3 Å². The lowest BCUT2D eigenvalue weighted by molar-refractivity contribution is 1.10. The van der Waals surface area contributed by atoms with Crippen molar-refractivity contribution in [3.05, 3.63) is 72.3 Å². The largest absolute Gasteiger partial charge is 0.365 e. The Bertz CT molecular complexity index is 1200. The van der Waals surface area contributed by atoms with Gasteiger partial charge in [-0.15, -0.1) is 0 Å². The van der Waals surface area contributed by atoms with E-state index in [-0.39, 0.29) is 0 Å². The van der Waals surface area contributed by atoms with Crippen molar-refractivity contribution in [1.29, 1.82) is 0 Å². The lowest BCUT2D eigenvalue weighted by Gasteiger charge is -2.13. The van der Waals surface area contributed by atoms with Crippen molar-refractivity contribution in [2.45, 2.75) is 6.54 Å². The van der Waals surface area contributed by atoms with Crippen LogP contribution in [0.2, 0.25) is 0 Å². The fourth-order valence-corrected chi connectivity index (χ4v) is 3.32. The normalized spacial score (nSPS) is 13.3. The van der Waals surface area contributed by atoms with Crippen LogP contribution in [-0.2, 0) is 6.54 Å². The second-order valence-electron chi connectivity index (χ2n) is 6.27. The molecule has 4 heterocycles. The van der Waals surface area contributed by atoms with Gasteiger partial charge in [0.25, 0.3) is 0 Å². The van der Waals surface area contributed by atoms with Crippen LogP contribution in [-0.4, -0.2) is 33.5 Å². The highest BCUT2D eigenvalue weighted by atomic mass is 15.0. The molecule has 0 atom stereocenters. The quantitative estimate of drug-likeness (QED) is 0.569. The van der Waals surface area contributed by atoms with E-state index >= 15 is 0 Å². The lowest BCUT2D eigenvalue weighted by Crippen LogP contribution is -2.05. The molecule has 0 aliphatic carbocycles. The number of amidine groups is 1. The van der Waals surface area contributed by atoms with Gasteiger partial charge in [0.2, 0.25) is 0 Å². The standard InChI is InChI=1S/C21H16N6/c1-4-15-18-13-23-8-6-16(18)21(26-12-14-3-2-7-22-11-14)27-19(15)17(5-1)20-24-9-10-25-20/h1-9,11,13H,10,12H2,(H,26,27). The van der Waals surface area contributed by atoms with Gasteiger partial charge in [-0.1, -0.05) is 18.2 Å². The third kappa shape index (κ3) is 2.81. The maximum atomic E-state index is 4.95. The molecule has 130 valence electrons. The van der Waals surface area contributed by atoms with Crippen molar-refractivity contribution in [2.75, 3.05) is 11.9 Å². The summed E-state index contributed by atoms with van der Waals surface area (Å²) in [7, 11) is 0. The maximum absolute atomic E-state index is 4.95. The Labute approximate surface area is 155 Å². The summed E-state index contributed by atoms with van der Waals surface area (Å²) >= 11 is 0. The topological polar surface area (TPSA) is 75.4 Å². The Morgan fingerprint density at radius 2 is 1.85 bits per heavy atom. The minimum Gasteiger partial charge on any atom is -0.365 e. The van der Waals surface area contributed by atoms with Crippen LogP contribution in [0.15, 0.2) is 71.2 Å². The van der Waals surface area contributed by atoms with E-state index in [9.17, 15) is 0 Å². The third-order valence-corrected chi connectivity index (χ3v) is 4.59. The van der Waals surface area contributed by atoms with E-state index in [1.165, 1.54) is 0 Å². The van der Waals surface area contributed by atoms with Crippen molar-refractivity contribution in [3.63, 3.8) is 0 Å². The highest BCUT2D eigenvalue weighted by Crippen LogP contribution is 2.31. The van der Waals surface area contributed by atoms with Crippen LogP contribution < -0.4 is 5.32 Å². The number of aliphatic imine (C=N–C) groups is 2. The van der Waals surface area contributed by atoms with Gasteiger partial charge < -0.3 is 5.32 Å². The zero-order valence-corrected chi connectivity index (χ0v) is 14.5. The van der Waals surface area contributed by atoms with Crippen LogP contribution >= 0.6 is 0 Å². The first-order chi connectivity index (χ1) is 13.4. The molecular formula is C21H16N6. The van der Waals surface area contributed by atoms with Gasteiger partial charge in [0, 0.05) is 59.3 Å². The van der Waals surface area contributed by atoms with Crippen LogP contribution in [0, 0.1) is 0 Å². The highest BCUT2D eigenvalue weighted by molar-refractivity contribution is 6.18. The molecule has 6 heteroatoms. The van der Waals surface area contributed by atoms with Crippen LogP contribution in [0.5, 0.6) is 0 Å². The van der Waals surface area contributed by atoms with Gasteiger partial charge in [0.15, 0.2) is 5.84 Å². The Morgan fingerprint density at radius 3 is 2.70 bits per heavy atom. The summed E-state index contributed by atoms with van der Waals surface area (Å²) in [5.74, 6) is 1.55. The molecule has 27 heavy (non-hydrogen) atoms. The van der Waals surface area contributed by atoms with Gasteiger partial charge in [-0.2, -0.15) is 0 Å². The number of para-hydroxylation sites is 1. The summed E-state index contributed by atoms with van der Waals surface area (Å²) in [6.07, 6.45) is 9.12. The summed E-state index contributed by atoms with van der Waals surface area (Å²) < 4.78 is 0. The summed E-state index contributed by atoms with van der Waals surface area (Å²) in [5, 5.41) is 6.60. The molecule has 0 bridgehead atoms. The summed E-state index contributed by atoms with van der Waals surface area (Å²) in [5.41, 5.74) is 2.92. The summed E-state index contributed by atoms with van der Waals surface area (Å²) in [6.45, 7) is 1.26. The highest BCUT2D eigenvalue weighted by Gasteiger charge is 2.15. The van der Waals surface area contributed by atoms with Crippen LogP contribution in [0.4, 0.5) is 5.82 Å². The predicted molar refractivity (Wildman–Crippen MR) is 109 cm³/mol. The molecule has 0 saturated heterocycles. The van der Waals surface area contributed by atoms with Crippen molar-refractivity contribution in [3.8, 4) is 0 Å². The van der Waals surface area contributed by atoms with E-state index in [4.69, 9.17) is 4.98 Å². The molecule has 1 aliphatic heterocycles. The maximum Gasteiger partial charge on any atom is 0.156 e. The number of rotatable bonds is 4. The predicted octanol–water partition coefficient (Wildman–Crippen LogP) is 3.62. The number of nitrogens with zero attached hydrogens (tertiary/aromatic N) is 5. The molecule has 5 rings (SSSR count). The zero-order chi connectivity index (χ0) is 18.1. The minimum atomic E-state index is 0.618. The first-order valence-corrected chi connectivity index (χ1v) is 8.77. The van der Waals surface area contributed by atoms with Crippen LogP contribution in [0.1, 0.15) is 11.1 Å². The fourth-order valence-electron chi connectivity index (χ4n) is 3.32. The molecule has 4 aromatic rings. The first kappa shape index (κ1) is 15.6. The lowest BCUT2D eigenvalue weighted by atomic mass is 10.0. The van der Waals surface area contributed by atoms with E-state index < -0.39 is 0 Å². The Balaban J connectivity index is 1.69. The average Bonchev–Trinajstić information content (AvgIpc) is 3.27. The molecule has 0 fully saturated rings. The molecule has 1 aromatic carbocycles. The van der Waals surface area contributed by atoms with Crippen LogP contribution in [0.3, 0.4) is 0 Å². The molecule has 6 nitrogen and oxygen atoms in total. The van der Waals surface area contributed by atoms with Gasteiger partial charge in [0.05, 0.1) is 12.1 Å². The molecule has 0 amide bonds. The first-order valence-electron chi connectivity index (χ1n) is 8.77. The van der Waals surface area contributed by atoms with Gasteiger partial charge in [-0.3, -0.25) is 15.0 Å². The smallest absolute Gasteiger partial charge is 0.156 e. The third-order valence-electron chi connectivity index (χ3n) is 4.59. The van der Waals surface area contributed by atoms with E-state index in [0.29, 0.717) is 13.1 Å². The molecule has 0 spiro atoms. The number of benzene rings is 1. The number of nitrogens with one attached hydrogen (secondary N) is 1. The zero-order valence-electron chi connectivity index (χ0n) is 14.5. The summed E-state index contributed by atoms with van der Waals surface area (Å²) in [6, 6.07) is 12.1. The average molecular weight is 352 g/mol. The Hall–Kier alpha value is -3.67. The summed E-state index contributed by atoms with van der Waals surface area (Å²) in [4.78, 5) is 22.3. The number of hydrogen-bond donors (Lipinski definition) is 1. The van der Waals surface area contributed by atoms with Crippen molar-refractivity contribution in [1.82, 2.24) is 15.0 Å². The number of fused-ring (bicyclic) bond motifs is 3. The van der Waals surface area contributed by atoms with E-state index in [1.54, 1.807) is 12.4 Å². The molecule has 3 aromatic heterocycles. The van der Waals surface area contributed by atoms with Gasteiger partial charge in [-0.05, 0) is 23.8 Å². The van der Waals surface area contributed by atoms with Crippen molar-refractivity contribution >= 4 is 39.5 Å². The van der Waals surface area contributed by atoms with Crippen molar-refractivity contribution in [2.24, 2.45) is 9.98 Å². The molecular weight excluding hydrogens is 336 g/mol. The number of pyridine rings is 3. The molecule has 0 unspecified atom stereocenters. The minimum absolute atomic E-state index is 0.618. The van der Waals surface area contributed by atoms with E-state index in [0.717, 1.165) is 44.5 Å². The van der Waals surface area contributed by atoms with Crippen LogP contribution in [0.25, 0.3) is 21.7 Å². The number of aromatic nitrogens is 3. The second kappa shape index (κ2) is 6.57. The number of anilines is 1. The fraction of sp³-hybridized carbons (Fsp3) is 0.0952. The Kier molecular flexibility index (Phi) is 3.79. The van der Waals surface area contributed by atoms with Crippen molar-refractivity contribution < 1.29 is 0 Å². The van der Waals surface area contributed by atoms with E-state index in [1.807, 2.05) is 48.9 Å². The second-order valence-corrected chi connectivity index (χ2v) is 6.27. The monoisotopic (exact) mass is 352 g/mol.